The third kappa shape index (κ3) is 2.74. The zero-order valence-electron chi connectivity index (χ0n) is 6.63. The number of furan rings is 1. The predicted molar refractivity (Wildman–Crippen MR) is 42.2 cm³/mol. The summed E-state index contributed by atoms with van der Waals surface area (Å²) < 4.78 is 5.29. The van der Waals surface area contributed by atoms with E-state index in [4.69, 9.17) is 9.52 Å². The van der Waals surface area contributed by atoms with Crippen molar-refractivity contribution < 1.29 is 9.52 Å². The first-order chi connectivity index (χ1) is 5.33. The maximum absolute atomic E-state index is 8.46. The summed E-state index contributed by atoms with van der Waals surface area (Å²) in [7, 11) is 0. The molecule has 0 aliphatic heterocycles. The molecule has 0 atom stereocenters. The van der Waals surface area contributed by atoms with Gasteiger partial charge in [-0.1, -0.05) is 0 Å². The lowest BCUT2D eigenvalue weighted by molar-refractivity contribution is 0.289. The second-order valence-corrected chi connectivity index (χ2v) is 2.41. The van der Waals surface area contributed by atoms with E-state index in [1.807, 2.05) is 19.1 Å². The van der Waals surface area contributed by atoms with E-state index in [0.717, 1.165) is 11.5 Å². The maximum atomic E-state index is 8.46. The molecule has 0 aliphatic carbocycles. The van der Waals surface area contributed by atoms with Crippen molar-refractivity contribution in [1.29, 1.82) is 0 Å². The van der Waals surface area contributed by atoms with Gasteiger partial charge in [0, 0.05) is 6.54 Å². The van der Waals surface area contributed by atoms with Gasteiger partial charge in [-0.3, -0.25) is 0 Å². The highest BCUT2D eigenvalue weighted by Crippen LogP contribution is 2.04. The second-order valence-electron chi connectivity index (χ2n) is 2.41. The maximum Gasteiger partial charge on any atom is 0.117 e. The topological polar surface area (TPSA) is 45.4 Å². The molecule has 0 radical (unpaired) electrons. The fraction of sp³-hybridized carbons (Fsp3) is 0.500. The van der Waals surface area contributed by atoms with Crippen LogP contribution in [0.2, 0.25) is 0 Å². The third-order valence-electron chi connectivity index (χ3n) is 1.38. The van der Waals surface area contributed by atoms with Crippen molar-refractivity contribution in [3.8, 4) is 0 Å². The molecule has 0 bridgehead atoms. The van der Waals surface area contributed by atoms with Crippen LogP contribution in [0.1, 0.15) is 11.5 Å². The van der Waals surface area contributed by atoms with Gasteiger partial charge in [-0.2, -0.15) is 0 Å². The van der Waals surface area contributed by atoms with Crippen molar-refractivity contribution in [2.75, 3.05) is 13.2 Å². The summed E-state index contributed by atoms with van der Waals surface area (Å²) >= 11 is 0. The van der Waals surface area contributed by atoms with Crippen molar-refractivity contribution in [1.82, 2.24) is 5.32 Å². The fourth-order valence-corrected chi connectivity index (χ4v) is 0.871. The zero-order valence-corrected chi connectivity index (χ0v) is 6.63. The number of rotatable bonds is 4. The fourth-order valence-electron chi connectivity index (χ4n) is 0.871. The summed E-state index contributed by atoms with van der Waals surface area (Å²) in [5.74, 6) is 1.83. The molecule has 1 rings (SSSR count). The summed E-state index contributed by atoms with van der Waals surface area (Å²) in [4.78, 5) is 0. The summed E-state index contributed by atoms with van der Waals surface area (Å²) in [5, 5.41) is 11.5. The van der Waals surface area contributed by atoms with Crippen LogP contribution in [-0.2, 0) is 6.54 Å². The van der Waals surface area contributed by atoms with Crippen molar-refractivity contribution in [2.24, 2.45) is 0 Å². The lowest BCUT2D eigenvalue weighted by Crippen LogP contribution is -2.16. The van der Waals surface area contributed by atoms with E-state index in [0.29, 0.717) is 13.1 Å². The molecule has 3 nitrogen and oxygen atoms in total. The minimum Gasteiger partial charge on any atom is -0.465 e. The predicted octanol–water partition coefficient (Wildman–Crippen LogP) is 0.670. The highest BCUT2D eigenvalue weighted by molar-refractivity contribution is 5.04. The van der Waals surface area contributed by atoms with Crippen LogP contribution in [0.15, 0.2) is 16.5 Å². The molecule has 0 aromatic carbocycles. The van der Waals surface area contributed by atoms with Crippen LogP contribution in [0, 0.1) is 6.92 Å². The molecule has 0 saturated carbocycles. The van der Waals surface area contributed by atoms with Crippen LogP contribution in [0.25, 0.3) is 0 Å². The molecular formula is C8H13NO2. The van der Waals surface area contributed by atoms with Gasteiger partial charge in [0.15, 0.2) is 0 Å². The largest absolute Gasteiger partial charge is 0.465 e. The average molecular weight is 155 g/mol. The quantitative estimate of drug-likeness (QED) is 0.628. The highest BCUT2D eigenvalue weighted by atomic mass is 16.3. The van der Waals surface area contributed by atoms with Crippen LogP contribution in [0.4, 0.5) is 0 Å². The molecular weight excluding hydrogens is 142 g/mol. The Bertz CT molecular complexity index is 208. The van der Waals surface area contributed by atoms with Gasteiger partial charge in [-0.15, -0.1) is 0 Å². The van der Waals surface area contributed by atoms with Gasteiger partial charge in [0.2, 0.25) is 0 Å². The number of hydrogen-bond donors (Lipinski definition) is 2. The molecule has 0 unspecified atom stereocenters. The highest BCUT2D eigenvalue weighted by Gasteiger charge is 1.95. The Balaban J connectivity index is 2.27. The Morgan fingerprint density at radius 3 is 2.91 bits per heavy atom. The van der Waals surface area contributed by atoms with Crippen LogP contribution < -0.4 is 5.32 Å². The Labute approximate surface area is 66.0 Å². The zero-order chi connectivity index (χ0) is 8.10. The van der Waals surface area contributed by atoms with E-state index in [9.17, 15) is 0 Å². The Kier molecular flexibility index (Phi) is 3.14. The lowest BCUT2D eigenvalue weighted by atomic mass is 10.4. The molecule has 0 amide bonds. The summed E-state index contributed by atoms with van der Waals surface area (Å²) in [6.07, 6.45) is 0. The lowest BCUT2D eigenvalue weighted by Gasteiger charge is -1.97. The number of hydrogen-bond acceptors (Lipinski definition) is 3. The van der Waals surface area contributed by atoms with E-state index in [-0.39, 0.29) is 6.61 Å². The first-order valence-electron chi connectivity index (χ1n) is 3.70. The molecule has 1 aromatic rings. The van der Waals surface area contributed by atoms with Gasteiger partial charge in [0.1, 0.15) is 11.5 Å². The standard InChI is InChI=1S/C8H13NO2/c1-7-2-3-8(11-7)6-9-4-5-10/h2-3,9-10H,4-6H2,1H3. The van der Waals surface area contributed by atoms with Crippen molar-refractivity contribution in [2.45, 2.75) is 13.5 Å². The van der Waals surface area contributed by atoms with E-state index < -0.39 is 0 Å². The van der Waals surface area contributed by atoms with Crippen LogP contribution in [-0.4, -0.2) is 18.3 Å². The normalized spacial score (nSPS) is 10.4. The SMILES string of the molecule is Cc1ccc(CNCCO)o1. The number of aryl methyl sites for hydroxylation is 1. The smallest absolute Gasteiger partial charge is 0.117 e. The van der Waals surface area contributed by atoms with Gasteiger partial charge in [0.25, 0.3) is 0 Å². The molecule has 1 heterocycles. The summed E-state index contributed by atoms with van der Waals surface area (Å²) in [6.45, 7) is 3.38. The molecule has 0 saturated heterocycles. The van der Waals surface area contributed by atoms with E-state index in [1.165, 1.54) is 0 Å². The van der Waals surface area contributed by atoms with Gasteiger partial charge in [-0.25, -0.2) is 0 Å². The van der Waals surface area contributed by atoms with Gasteiger partial charge < -0.3 is 14.8 Å². The number of nitrogens with one attached hydrogen (secondary N) is 1. The molecule has 0 spiro atoms. The molecule has 62 valence electrons. The molecule has 3 heteroatoms. The Morgan fingerprint density at radius 1 is 1.55 bits per heavy atom. The van der Waals surface area contributed by atoms with E-state index in [2.05, 4.69) is 5.32 Å². The third-order valence-corrected chi connectivity index (χ3v) is 1.38. The number of aliphatic hydroxyl groups excluding tert-OH is 1. The van der Waals surface area contributed by atoms with Crippen LogP contribution in [0.3, 0.4) is 0 Å². The van der Waals surface area contributed by atoms with Gasteiger partial charge in [0.05, 0.1) is 13.2 Å². The first kappa shape index (κ1) is 8.30. The Hall–Kier alpha value is -0.800. The van der Waals surface area contributed by atoms with E-state index in [1.54, 1.807) is 0 Å². The molecule has 2 N–H and O–H groups in total. The minimum atomic E-state index is 0.166. The summed E-state index contributed by atoms with van der Waals surface area (Å²) in [5.41, 5.74) is 0. The molecule has 0 fully saturated rings. The average Bonchev–Trinajstić information content (AvgIpc) is 2.37. The van der Waals surface area contributed by atoms with Crippen molar-refractivity contribution in [3.63, 3.8) is 0 Å². The molecule has 11 heavy (non-hydrogen) atoms. The van der Waals surface area contributed by atoms with Crippen LogP contribution >= 0.6 is 0 Å². The first-order valence-corrected chi connectivity index (χ1v) is 3.70. The molecule has 0 aliphatic rings. The van der Waals surface area contributed by atoms with Crippen LogP contribution in [0.5, 0.6) is 0 Å². The van der Waals surface area contributed by atoms with Crippen molar-refractivity contribution in [3.05, 3.63) is 23.7 Å². The van der Waals surface area contributed by atoms with Gasteiger partial charge in [-0.05, 0) is 19.1 Å². The monoisotopic (exact) mass is 155 g/mol. The second kappa shape index (κ2) is 4.16. The van der Waals surface area contributed by atoms with E-state index >= 15 is 0 Å². The Morgan fingerprint density at radius 2 is 2.36 bits per heavy atom. The van der Waals surface area contributed by atoms with Gasteiger partial charge >= 0.3 is 0 Å². The van der Waals surface area contributed by atoms with Crippen molar-refractivity contribution >= 4 is 0 Å². The summed E-state index contributed by atoms with van der Waals surface area (Å²) in [6, 6.07) is 3.86. The minimum absolute atomic E-state index is 0.166. The number of aliphatic hydroxyl groups is 1. The molecule has 1 aromatic heterocycles.